The molecular weight excluding hydrogens is 641 g/mol. The van der Waals surface area contributed by atoms with Crippen LogP contribution in [0.15, 0.2) is 52.6 Å². The highest BCUT2D eigenvalue weighted by molar-refractivity contribution is 7.19. The zero-order chi connectivity index (χ0) is 33.8. The van der Waals surface area contributed by atoms with E-state index < -0.39 is 0 Å². The van der Waals surface area contributed by atoms with Gasteiger partial charge in [0.1, 0.15) is 16.2 Å². The van der Waals surface area contributed by atoms with Crippen LogP contribution in [0.4, 0.5) is 17.2 Å². The minimum Gasteiger partial charge on any atom is -0.504 e. The first-order valence-corrected chi connectivity index (χ1v) is 17.9. The van der Waals surface area contributed by atoms with Gasteiger partial charge in [-0.2, -0.15) is 9.78 Å². The lowest BCUT2D eigenvalue weighted by Crippen LogP contribution is -2.60. The predicted octanol–water partition coefficient (Wildman–Crippen LogP) is 4.54. The van der Waals surface area contributed by atoms with E-state index in [2.05, 4.69) is 37.1 Å². The van der Waals surface area contributed by atoms with Crippen molar-refractivity contribution in [2.75, 3.05) is 43.1 Å². The first kappa shape index (κ1) is 31.7. The van der Waals surface area contributed by atoms with Crippen LogP contribution >= 0.6 is 11.3 Å². The second-order valence-electron chi connectivity index (χ2n) is 13.3. The van der Waals surface area contributed by atoms with Crippen LogP contribution in [-0.4, -0.2) is 79.3 Å². The van der Waals surface area contributed by atoms with Crippen LogP contribution in [0.3, 0.4) is 0 Å². The number of aromatic hydroxyl groups is 1. The minimum atomic E-state index is -0.299. The first-order chi connectivity index (χ1) is 23.8. The van der Waals surface area contributed by atoms with E-state index in [0.717, 1.165) is 76.0 Å². The number of fused-ring (bicyclic) bond motifs is 3. The molecule has 254 valence electrons. The van der Waals surface area contributed by atoms with Crippen molar-refractivity contribution in [2.45, 2.75) is 58.0 Å². The molecule has 1 atom stereocenters. The number of anilines is 3. The molecule has 5 aromatic rings. The summed E-state index contributed by atoms with van der Waals surface area (Å²) in [5, 5.41) is 20.2. The maximum atomic E-state index is 13.7. The fourth-order valence-corrected chi connectivity index (χ4v) is 8.73. The summed E-state index contributed by atoms with van der Waals surface area (Å²) in [4.78, 5) is 42.3. The summed E-state index contributed by atoms with van der Waals surface area (Å²) in [6.07, 6.45) is 12.1. The quantitative estimate of drug-likeness (QED) is 0.253. The van der Waals surface area contributed by atoms with E-state index in [-0.39, 0.29) is 22.7 Å². The van der Waals surface area contributed by atoms with Crippen molar-refractivity contribution in [1.82, 2.24) is 29.2 Å². The van der Waals surface area contributed by atoms with Crippen molar-refractivity contribution in [3.8, 4) is 22.7 Å². The molecule has 0 radical (unpaired) electrons. The topological polar surface area (TPSA) is 131 Å². The van der Waals surface area contributed by atoms with Gasteiger partial charge in [0.2, 0.25) is 0 Å². The number of hydrogen-bond acceptors (Lipinski definition) is 11. The van der Waals surface area contributed by atoms with Crippen molar-refractivity contribution >= 4 is 38.6 Å². The number of aryl methyl sites for hydroxylation is 4. The third-order valence-corrected chi connectivity index (χ3v) is 11.6. The van der Waals surface area contributed by atoms with E-state index in [1.807, 2.05) is 25.3 Å². The lowest BCUT2D eigenvalue weighted by atomic mass is 9.97. The Morgan fingerprint density at radius 1 is 1.06 bits per heavy atom. The van der Waals surface area contributed by atoms with Crippen molar-refractivity contribution in [3.05, 3.63) is 79.7 Å². The molecule has 0 bridgehead atoms. The molecule has 0 spiro atoms. The van der Waals surface area contributed by atoms with Crippen LogP contribution in [0.2, 0.25) is 0 Å². The van der Waals surface area contributed by atoms with Gasteiger partial charge in [0.15, 0.2) is 11.6 Å². The normalized spacial score (nSPS) is 18.4. The highest BCUT2D eigenvalue weighted by atomic mass is 32.1. The zero-order valence-corrected chi connectivity index (χ0v) is 28.8. The number of thiophene rings is 1. The van der Waals surface area contributed by atoms with E-state index >= 15 is 0 Å². The summed E-state index contributed by atoms with van der Waals surface area (Å²) in [6.45, 7) is 8.63. The molecule has 3 aliphatic rings. The van der Waals surface area contributed by atoms with Crippen LogP contribution in [0, 0.1) is 6.92 Å². The summed E-state index contributed by atoms with van der Waals surface area (Å²) >= 11 is 1.52. The van der Waals surface area contributed by atoms with Crippen LogP contribution in [0.25, 0.3) is 27.0 Å². The molecule has 7 heterocycles. The van der Waals surface area contributed by atoms with Gasteiger partial charge in [-0.15, -0.1) is 11.3 Å². The molecule has 2 N–H and O–H groups in total. The minimum absolute atomic E-state index is 0.0479. The van der Waals surface area contributed by atoms with Gasteiger partial charge in [0.25, 0.3) is 11.1 Å². The highest BCUT2D eigenvalue weighted by Gasteiger charge is 2.33. The summed E-state index contributed by atoms with van der Waals surface area (Å²) in [7, 11) is 1.67. The Hall–Kier alpha value is -4.59. The van der Waals surface area contributed by atoms with E-state index in [1.54, 1.807) is 31.7 Å². The van der Waals surface area contributed by atoms with Crippen LogP contribution in [-0.2, 0) is 24.6 Å². The molecule has 49 heavy (non-hydrogen) atoms. The van der Waals surface area contributed by atoms with Gasteiger partial charge in [-0.05, 0) is 68.4 Å². The lowest BCUT2D eigenvalue weighted by molar-refractivity contribution is -0.0698. The van der Waals surface area contributed by atoms with Crippen LogP contribution < -0.4 is 21.3 Å². The van der Waals surface area contributed by atoms with Gasteiger partial charge in [0.05, 0.1) is 37.3 Å². The van der Waals surface area contributed by atoms with Crippen LogP contribution in [0.5, 0.6) is 5.75 Å². The van der Waals surface area contributed by atoms with Crippen molar-refractivity contribution in [3.63, 3.8) is 0 Å². The van der Waals surface area contributed by atoms with E-state index in [9.17, 15) is 14.7 Å². The number of hydrogen-bond donors (Lipinski definition) is 2. The number of piperazine rings is 1. The lowest BCUT2D eigenvalue weighted by Gasteiger charge is -2.47. The SMILES string of the molecule is CC[C@H]1CN(C2COC2)CCN1c1ccc(Nc2cc(-c3c(C)cnc(-n4ncc5c6c(sc5c4=O)CCCC6)c3O)cn(C)c2=O)nc1. The smallest absolute Gasteiger partial charge is 0.291 e. The van der Waals surface area contributed by atoms with Crippen molar-refractivity contribution in [2.24, 2.45) is 7.05 Å². The second-order valence-corrected chi connectivity index (χ2v) is 14.4. The third kappa shape index (κ3) is 5.59. The fourth-order valence-electron chi connectivity index (χ4n) is 7.44. The molecule has 1 aliphatic carbocycles. The third-order valence-electron chi connectivity index (χ3n) is 10.3. The molecule has 8 rings (SSSR count). The van der Waals surface area contributed by atoms with Crippen LogP contribution in [0.1, 0.15) is 42.2 Å². The Balaban J connectivity index is 1.08. The number of pyridine rings is 3. The van der Waals surface area contributed by atoms with Crippen molar-refractivity contribution < 1.29 is 9.84 Å². The average Bonchev–Trinajstić information content (AvgIpc) is 3.47. The van der Waals surface area contributed by atoms with Gasteiger partial charge >= 0.3 is 0 Å². The molecule has 0 unspecified atom stereocenters. The first-order valence-electron chi connectivity index (χ1n) is 17.0. The largest absolute Gasteiger partial charge is 0.504 e. The van der Waals surface area contributed by atoms with Gasteiger partial charge < -0.3 is 24.6 Å². The summed E-state index contributed by atoms with van der Waals surface area (Å²) in [5.74, 6) is 0.403. The molecule has 5 aromatic heterocycles. The predicted molar refractivity (Wildman–Crippen MR) is 192 cm³/mol. The Labute approximate surface area is 287 Å². The molecule has 2 saturated heterocycles. The maximum Gasteiger partial charge on any atom is 0.291 e. The summed E-state index contributed by atoms with van der Waals surface area (Å²) in [6, 6.07) is 6.57. The Bertz CT molecular complexity index is 2170. The summed E-state index contributed by atoms with van der Waals surface area (Å²) in [5.41, 5.74) is 3.77. The van der Waals surface area contributed by atoms with Gasteiger partial charge in [-0.1, -0.05) is 6.92 Å². The molecule has 0 amide bonds. The highest BCUT2D eigenvalue weighted by Crippen LogP contribution is 2.38. The molecule has 12 nitrogen and oxygen atoms in total. The Morgan fingerprint density at radius 3 is 2.65 bits per heavy atom. The van der Waals surface area contributed by atoms with E-state index in [4.69, 9.17) is 4.74 Å². The molecule has 0 saturated carbocycles. The monoisotopic (exact) mass is 680 g/mol. The number of rotatable bonds is 7. The number of nitrogens with one attached hydrogen (secondary N) is 1. The van der Waals surface area contributed by atoms with Gasteiger partial charge in [0, 0.05) is 66.5 Å². The molecular formula is C36H40N8O4S. The second kappa shape index (κ2) is 12.7. The standard InChI is InChI=1S/C36H40N8O4S/c1-4-23-18-42(25-19-48-20-25)11-12-43(23)24-9-10-30(37-15-24)40-28-13-22(17-41(3)35(28)46)31-21(2)14-38-34(32(31)45)44-36(47)33-27(16-39-44)26-7-5-6-8-29(26)49-33/h9-10,13-17,23,25,45H,4-8,11-12,18-20H2,1-3H3,(H,37,40)/t23-/m0/s1. The number of aromatic nitrogens is 5. The Morgan fingerprint density at radius 2 is 1.90 bits per heavy atom. The zero-order valence-electron chi connectivity index (χ0n) is 28.0. The van der Waals surface area contributed by atoms with Crippen molar-refractivity contribution in [1.29, 1.82) is 0 Å². The molecule has 2 fully saturated rings. The number of nitrogens with zero attached hydrogens (tertiary/aromatic N) is 7. The molecule has 13 heteroatoms. The summed E-state index contributed by atoms with van der Waals surface area (Å²) < 4.78 is 8.70. The molecule has 0 aromatic carbocycles. The fraction of sp³-hybridized carbons (Fsp3) is 0.417. The average molecular weight is 681 g/mol. The van der Waals surface area contributed by atoms with E-state index in [0.29, 0.717) is 45.0 Å². The molecule has 2 aliphatic heterocycles. The maximum absolute atomic E-state index is 13.7. The van der Waals surface area contributed by atoms with Gasteiger partial charge in [-0.3, -0.25) is 14.5 Å². The van der Waals surface area contributed by atoms with E-state index in [1.165, 1.54) is 31.0 Å². The van der Waals surface area contributed by atoms with Gasteiger partial charge in [-0.25, -0.2) is 9.97 Å². The number of ether oxygens (including phenoxy) is 1. The Kier molecular flexibility index (Phi) is 8.21.